The molecule has 0 aliphatic rings. The van der Waals surface area contributed by atoms with E-state index in [1.807, 2.05) is 0 Å². The summed E-state index contributed by atoms with van der Waals surface area (Å²) in [6.07, 6.45) is 1.08. The van der Waals surface area contributed by atoms with Crippen molar-refractivity contribution in [2.24, 2.45) is 5.41 Å². The number of benzene rings is 1. The van der Waals surface area contributed by atoms with Gasteiger partial charge in [-0.3, -0.25) is 0 Å². The molecule has 0 radical (unpaired) electrons. The topological polar surface area (TPSA) is 21.3 Å². The Balaban J connectivity index is 2.70. The Morgan fingerprint density at radius 2 is 1.57 bits per heavy atom. The quantitative estimate of drug-likeness (QED) is 0.844. The maximum absolute atomic E-state index is 13.9. The van der Waals surface area contributed by atoms with Crippen LogP contribution in [0.15, 0.2) is 12.1 Å². The first-order valence-electron chi connectivity index (χ1n) is 7.31. The monoisotopic (exact) mass is 299 g/mol. The van der Waals surface area contributed by atoms with E-state index in [0.717, 1.165) is 6.54 Å². The Bertz CT molecular complexity index is 455. The van der Waals surface area contributed by atoms with Crippen molar-refractivity contribution in [3.8, 4) is 5.75 Å². The summed E-state index contributed by atoms with van der Waals surface area (Å²) in [6.45, 7) is 11.3. The van der Waals surface area contributed by atoms with Gasteiger partial charge in [0.2, 0.25) is 0 Å². The van der Waals surface area contributed by atoms with Gasteiger partial charge in [-0.15, -0.1) is 0 Å². The second kappa shape index (κ2) is 6.73. The van der Waals surface area contributed by atoms with Gasteiger partial charge < -0.3 is 10.1 Å². The lowest BCUT2D eigenvalue weighted by molar-refractivity contribution is 0.271. The van der Waals surface area contributed by atoms with Crippen LogP contribution in [0.25, 0.3) is 0 Å². The number of halogens is 2. The maximum Gasteiger partial charge on any atom is 0.133 e. The molecule has 4 heteroatoms. The molecule has 0 atom stereocenters. The Hall–Kier alpha value is -1.16. The first-order chi connectivity index (χ1) is 9.54. The number of rotatable bonds is 6. The van der Waals surface area contributed by atoms with E-state index in [1.54, 1.807) is 0 Å². The van der Waals surface area contributed by atoms with Crippen molar-refractivity contribution in [3.63, 3.8) is 0 Å². The molecule has 1 aromatic carbocycles. The highest BCUT2D eigenvalue weighted by Crippen LogP contribution is 2.27. The average molecular weight is 299 g/mol. The van der Waals surface area contributed by atoms with Crippen molar-refractivity contribution in [1.82, 2.24) is 5.32 Å². The van der Waals surface area contributed by atoms with Gasteiger partial charge >= 0.3 is 0 Å². The molecule has 0 aliphatic heterocycles. The van der Waals surface area contributed by atoms with Crippen LogP contribution in [0.5, 0.6) is 5.75 Å². The molecule has 1 N–H and O–H groups in total. The van der Waals surface area contributed by atoms with E-state index in [2.05, 4.69) is 39.9 Å². The lowest BCUT2D eigenvalue weighted by Gasteiger charge is -2.30. The summed E-state index contributed by atoms with van der Waals surface area (Å²) < 4.78 is 32.7. The normalized spacial score (nSPS) is 12.6. The minimum absolute atomic E-state index is 0.0356. The highest BCUT2D eigenvalue weighted by Gasteiger charge is 2.22. The van der Waals surface area contributed by atoms with Crippen molar-refractivity contribution in [1.29, 1.82) is 0 Å². The van der Waals surface area contributed by atoms with Crippen LogP contribution in [-0.4, -0.2) is 19.2 Å². The summed E-state index contributed by atoms with van der Waals surface area (Å²) in [4.78, 5) is 0. The van der Waals surface area contributed by atoms with Gasteiger partial charge in [0, 0.05) is 29.8 Å². The predicted molar refractivity (Wildman–Crippen MR) is 82.8 cm³/mol. The second-order valence-corrected chi connectivity index (χ2v) is 7.34. The Labute approximate surface area is 126 Å². The van der Waals surface area contributed by atoms with E-state index < -0.39 is 11.6 Å². The van der Waals surface area contributed by atoms with Gasteiger partial charge in [-0.05, 0) is 39.0 Å². The number of hydrogen-bond donors (Lipinski definition) is 1. The van der Waals surface area contributed by atoms with Gasteiger partial charge in [0.05, 0.1) is 7.11 Å². The van der Waals surface area contributed by atoms with Gasteiger partial charge in [-0.25, -0.2) is 8.78 Å². The fraction of sp³-hybridized carbons (Fsp3) is 0.647. The van der Waals surface area contributed by atoms with E-state index in [1.165, 1.54) is 19.2 Å². The third kappa shape index (κ3) is 6.00. The van der Waals surface area contributed by atoms with Gasteiger partial charge in [-0.1, -0.05) is 13.8 Å². The molecule has 0 saturated carbocycles. The molecule has 0 aromatic heterocycles. The summed E-state index contributed by atoms with van der Waals surface area (Å²) >= 11 is 0. The van der Waals surface area contributed by atoms with Gasteiger partial charge in [0.1, 0.15) is 17.4 Å². The molecular weight excluding hydrogens is 272 g/mol. The van der Waals surface area contributed by atoms with E-state index in [-0.39, 0.29) is 22.3 Å². The molecule has 0 aliphatic carbocycles. The van der Waals surface area contributed by atoms with Crippen LogP contribution in [0.2, 0.25) is 0 Å². The molecule has 120 valence electrons. The van der Waals surface area contributed by atoms with Crippen LogP contribution in [0.1, 0.15) is 46.6 Å². The van der Waals surface area contributed by atoms with E-state index in [9.17, 15) is 8.78 Å². The molecule has 0 spiro atoms. The van der Waals surface area contributed by atoms with Crippen molar-refractivity contribution < 1.29 is 13.5 Å². The largest absolute Gasteiger partial charge is 0.497 e. The molecule has 0 saturated heterocycles. The lowest BCUT2D eigenvalue weighted by Crippen LogP contribution is -2.42. The van der Waals surface area contributed by atoms with Crippen LogP contribution in [-0.2, 0) is 6.42 Å². The van der Waals surface area contributed by atoms with Crippen LogP contribution in [0, 0.1) is 17.0 Å². The van der Waals surface area contributed by atoms with Crippen LogP contribution in [0.4, 0.5) is 8.78 Å². The fourth-order valence-electron chi connectivity index (χ4n) is 1.99. The van der Waals surface area contributed by atoms with Crippen molar-refractivity contribution in [3.05, 3.63) is 29.3 Å². The second-order valence-electron chi connectivity index (χ2n) is 7.34. The lowest BCUT2D eigenvalue weighted by atomic mass is 9.85. The Kier molecular flexibility index (Phi) is 5.74. The summed E-state index contributed by atoms with van der Waals surface area (Å²) in [5, 5.41) is 3.44. The average Bonchev–Trinajstić information content (AvgIpc) is 2.34. The third-order valence-corrected chi connectivity index (χ3v) is 3.50. The summed E-state index contributed by atoms with van der Waals surface area (Å²) in [6, 6.07) is 2.47. The minimum Gasteiger partial charge on any atom is -0.497 e. The van der Waals surface area contributed by atoms with Crippen LogP contribution < -0.4 is 10.1 Å². The van der Waals surface area contributed by atoms with Gasteiger partial charge in [0.25, 0.3) is 0 Å². The number of nitrogens with one attached hydrogen (secondary N) is 1. The molecular formula is C17H27F2NO. The van der Waals surface area contributed by atoms with Crippen molar-refractivity contribution in [2.75, 3.05) is 13.7 Å². The molecule has 0 bridgehead atoms. The zero-order valence-corrected chi connectivity index (χ0v) is 13.9. The SMILES string of the molecule is COc1cc(F)c(CCC(C)(C)CNC(C)(C)C)c(F)c1. The van der Waals surface area contributed by atoms with E-state index in [4.69, 9.17) is 4.74 Å². The molecule has 21 heavy (non-hydrogen) atoms. The van der Waals surface area contributed by atoms with Gasteiger partial charge in [0.15, 0.2) is 0 Å². The zero-order chi connectivity index (χ0) is 16.3. The molecule has 2 nitrogen and oxygen atoms in total. The smallest absolute Gasteiger partial charge is 0.133 e. The zero-order valence-electron chi connectivity index (χ0n) is 13.9. The fourth-order valence-corrected chi connectivity index (χ4v) is 1.99. The molecule has 0 amide bonds. The summed E-state index contributed by atoms with van der Waals surface area (Å²) in [5.74, 6) is -0.861. The molecule has 0 fully saturated rings. The first-order valence-corrected chi connectivity index (χ1v) is 7.31. The number of methoxy groups -OCH3 is 1. The predicted octanol–water partition coefficient (Wildman–Crippen LogP) is 4.32. The molecule has 1 aromatic rings. The molecule has 1 rings (SSSR count). The van der Waals surface area contributed by atoms with Crippen molar-refractivity contribution >= 4 is 0 Å². The maximum atomic E-state index is 13.9. The summed E-state index contributed by atoms with van der Waals surface area (Å²) in [5.41, 5.74) is 0.139. The first kappa shape index (κ1) is 17.9. The molecule has 0 heterocycles. The third-order valence-electron chi connectivity index (χ3n) is 3.50. The minimum atomic E-state index is -0.536. The highest BCUT2D eigenvalue weighted by molar-refractivity contribution is 5.30. The Morgan fingerprint density at radius 3 is 2.00 bits per heavy atom. The number of hydrogen-bond acceptors (Lipinski definition) is 2. The van der Waals surface area contributed by atoms with E-state index >= 15 is 0 Å². The standard InChI is InChI=1S/C17H27F2NO/c1-16(2,3)20-11-17(4,5)8-7-13-14(18)9-12(21-6)10-15(13)19/h9-10,20H,7-8,11H2,1-6H3. The Morgan fingerprint density at radius 1 is 1.05 bits per heavy atom. The van der Waals surface area contributed by atoms with Gasteiger partial charge in [-0.2, -0.15) is 0 Å². The van der Waals surface area contributed by atoms with Crippen LogP contribution >= 0.6 is 0 Å². The summed E-state index contributed by atoms with van der Waals surface area (Å²) in [7, 11) is 1.40. The number of ether oxygens (including phenoxy) is 1. The van der Waals surface area contributed by atoms with Crippen LogP contribution in [0.3, 0.4) is 0 Å². The van der Waals surface area contributed by atoms with E-state index in [0.29, 0.717) is 12.8 Å². The highest BCUT2D eigenvalue weighted by atomic mass is 19.1. The van der Waals surface area contributed by atoms with Crippen molar-refractivity contribution in [2.45, 2.75) is 53.0 Å². The molecule has 0 unspecified atom stereocenters.